The Bertz CT molecular complexity index is 604. The second-order valence-electron chi connectivity index (χ2n) is 6.52. The molecule has 114 valence electrons. The molecule has 0 atom stereocenters. The van der Waals surface area contributed by atoms with Crippen LogP contribution in [0.25, 0.3) is 5.95 Å². The van der Waals surface area contributed by atoms with Gasteiger partial charge in [-0.1, -0.05) is 32.4 Å². The van der Waals surface area contributed by atoms with Gasteiger partial charge in [0.2, 0.25) is 5.95 Å². The van der Waals surface area contributed by atoms with E-state index >= 15 is 0 Å². The van der Waals surface area contributed by atoms with Crippen molar-refractivity contribution in [1.29, 1.82) is 0 Å². The predicted octanol–water partition coefficient (Wildman–Crippen LogP) is 3.84. The Hall–Kier alpha value is -1.24. The number of rotatable bonds is 4. The van der Waals surface area contributed by atoms with Gasteiger partial charge in [0, 0.05) is 6.20 Å². The van der Waals surface area contributed by atoms with Crippen LogP contribution < -0.4 is 0 Å². The highest BCUT2D eigenvalue weighted by atomic mass is 35.5. The van der Waals surface area contributed by atoms with Crippen LogP contribution in [0.5, 0.6) is 0 Å². The van der Waals surface area contributed by atoms with Gasteiger partial charge in [-0.05, 0) is 18.1 Å². The largest absolute Gasteiger partial charge is 0.411 e. The van der Waals surface area contributed by atoms with E-state index in [2.05, 4.69) is 48.8 Å². The summed E-state index contributed by atoms with van der Waals surface area (Å²) in [6.07, 6.45) is 6.70. The first-order valence-electron chi connectivity index (χ1n) is 6.84. The first-order valence-corrected chi connectivity index (χ1v) is 10.1. The van der Waals surface area contributed by atoms with Gasteiger partial charge in [-0.25, -0.2) is 15.0 Å². The average molecular weight is 325 g/mol. The minimum absolute atomic E-state index is 0.189. The van der Waals surface area contributed by atoms with Crippen molar-refractivity contribution in [3.05, 3.63) is 35.6 Å². The van der Waals surface area contributed by atoms with E-state index in [9.17, 15) is 0 Å². The molecule has 0 amide bonds. The summed E-state index contributed by atoms with van der Waals surface area (Å²) in [5, 5.41) is 0.704. The number of aromatic nitrogens is 4. The van der Waals surface area contributed by atoms with E-state index in [4.69, 9.17) is 16.0 Å². The van der Waals surface area contributed by atoms with Crippen molar-refractivity contribution in [3.8, 4) is 5.95 Å². The van der Waals surface area contributed by atoms with Crippen molar-refractivity contribution in [1.82, 2.24) is 19.5 Å². The molecule has 0 aromatic carbocycles. The van der Waals surface area contributed by atoms with Gasteiger partial charge >= 0.3 is 0 Å². The van der Waals surface area contributed by atoms with Crippen molar-refractivity contribution < 1.29 is 4.43 Å². The van der Waals surface area contributed by atoms with Crippen LogP contribution in [0.3, 0.4) is 0 Å². The summed E-state index contributed by atoms with van der Waals surface area (Å²) in [4.78, 5) is 12.7. The second-order valence-corrected chi connectivity index (χ2v) is 11.8. The van der Waals surface area contributed by atoms with Crippen LogP contribution in [0.2, 0.25) is 23.2 Å². The Morgan fingerprint density at radius 3 is 2.38 bits per heavy atom. The number of hydrogen-bond donors (Lipinski definition) is 0. The lowest BCUT2D eigenvalue weighted by molar-refractivity contribution is 0.272. The zero-order valence-electron chi connectivity index (χ0n) is 13.1. The second kappa shape index (κ2) is 5.86. The minimum Gasteiger partial charge on any atom is -0.411 e. The average Bonchev–Trinajstić information content (AvgIpc) is 2.85. The molecule has 2 heterocycles. The summed E-state index contributed by atoms with van der Waals surface area (Å²) < 4.78 is 7.91. The normalized spacial score (nSPS) is 12.7. The third-order valence-electron chi connectivity index (χ3n) is 3.86. The summed E-state index contributed by atoms with van der Waals surface area (Å²) in [7, 11) is -1.76. The molecule has 0 bridgehead atoms. The SMILES string of the molecule is CC(C)(C)[Si](C)(C)OCc1cn(-c2ncc(Cl)cn2)cn1. The fraction of sp³-hybridized carbons (Fsp3) is 0.500. The van der Waals surface area contributed by atoms with E-state index in [1.165, 1.54) is 0 Å². The van der Waals surface area contributed by atoms with Gasteiger partial charge in [0.25, 0.3) is 0 Å². The smallest absolute Gasteiger partial charge is 0.234 e. The van der Waals surface area contributed by atoms with Crippen LogP contribution in [0.1, 0.15) is 26.5 Å². The quantitative estimate of drug-likeness (QED) is 0.802. The summed E-state index contributed by atoms with van der Waals surface area (Å²) in [6, 6.07) is 0. The first-order chi connectivity index (χ1) is 9.69. The van der Waals surface area contributed by atoms with Crippen LogP contribution in [0, 0.1) is 0 Å². The van der Waals surface area contributed by atoms with Crippen molar-refractivity contribution in [3.63, 3.8) is 0 Å². The van der Waals surface area contributed by atoms with Gasteiger partial charge in [0.05, 0.1) is 29.7 Å². The molecule has 0 spiro atoms. The maximum absolute atomic E-state index is 6.15. The molecule has 0 saturated carbocycles. The van der Waals surface area contributed by atoms with Gasteiger partial charge in [0.1, 0.15) is 6.33 Å². The molecule has 0 aliphatic carbocycles. The zero-order valence-corrected chi connectivity index (χ0v) is 14.8. The molecule has 2 aromatic rings. The first kappa shape index (κ1) is 16.1. The topological polar surface area (TPSA) is 52.8 Å². The van der Waals surface area contributed by atoms with Gasteiger partial charge < -0.3 is 4.43 Å². The lowest BCUT2D eigenvalue weighted by Gasteiger charge is -2.35. The van der Waals surface area contributed by atoms with Crippen LogP contribution in [0.4, 0.5) is 0 Å². The summed E-state index contributed by atoms with van der Waals surface area (Å²) >= 11 is 5.78. The molecule has 2 rings (SSSR count). The van der Waals surface area contributed by atoms with Crippen molar-refractivity contribution in [2.24, 2.45) is 0 Å². The molecule has 21 heavy (non-hydrogen) atoms. The Morgan fingerprint density at radius 2 is 1.81 bits per heavy atom. The lowest BCUT2D eigenvalue weighted by Crippen LogP contribution is -2.40. The fourth-order valence-corrected chi connectivity index (χ4v) is 2.50. The molecular weight excluding hydrogens is 304 g/mol. The van der Waals surface area contributed by atoms with Crippen LogP contribution in [-0.4, -0.2) is 27.8 Å². The van der Waals surface area contributed by atoms with Gasteiger partial charge in [-0.3, -0.25) is 4.57 Å². The Labute approximate surface area is 131 Å². The van der Waals surface area contributed by atoms with E-state index in [-0.39, 0.29) is 5.04 Å². The monoisotopic (exact) mass is 324 g/mol. The molecular formula is C14H21ClN4OSi. The van der Waals surface area contributed by atoms with Crippen LogP contribution in [0.15, 0.2) is 24.9 Å². The van der Waals surface area contributed by atoms with Gasteiger partial charge in [-0.15, -0.1) is 0 Å². The summed E-state index contributed by atoms with van der Waals surface area (Å²) in [5.41, 5.74) is 0.873. The molecule has 0 N–H and O–H groups in total. The molecule has 0 radical (unpaired) electrons. The van der Waals surface area contributed by atoms with Crippen molar-refractivity contribution in [2.75, 3.05) is 0 Å². The Balaban J connectivity index is 2.06. The highest BCUT2D eigenvalue weighted by Crippen LogP contribution is 2.36. The third-order valence-corrected chi connectivity index (χ3v) is 8.53. The fourth-order valence-electron chi connectivity index (χ4n) is 1.46. The predicted molar refractivity (Wildman–Crippen MR) is 86.2 cm³/mol. The molecule has 0 aliphatic heterocycles. The standard InChI is InChI=1S/C14H21ClN4OSi/c1-14(2,3)21(4,5)20-9-12-8-19(10-18-12)13-16-6-11(15)7-17-13/h6-8,10H,9H2,1-5H3. The maximum atomic E-state index is 6.15. The number of nitrogens with zero attached hydrogens (tertiary/aromatic N) is 4. The zero-order chi connectivity index (χ0) is 15.7. The molecule has 5 nitrogen and oxygen atoms in total. The number of halogens is 1. The Morgan fingerprint density at radius 1 is 1.19 bits per heavy atom. The highest BCUT2D eigenvalue weighted by Gasteiger charge is 2.37. The lowest BCUT2D eigenvalue weighted by atomic mass is 10.2. The molecule has 7 heteroatoms. The molecule has 2 aromatic heterocycles. The van der Waals surface area contributed by atoms with E-state index in [0.29, 0.717) is 17.6 Å². The number of hydrogen-bond acceptors (Lipinski definition) is 4. The van der Waals surface area contributed by atoms with E-state index < -0.39 is 8.32 Å². The van der Waals surface area contributed by atoms with Gasteiger partial charge in [-0.2, -0.15) is 0 Å². The number of imidazole rings is 1. The highest BCUT2D eigenvalue weighted by molar-refractivity contribution is 6.74. The minimum atomic E-state index is -1.76. The van der Waals surface area contributed by atoms with Crippen LogP contribution >= 0.6 is 11.6 Å². The van der Waals surface area contributed by atoms with E-state index in [1.54, 1.807) is 23.3 Å². The summed E-state index contributed by atoms with van der Waals surface area (Å²) in [6.45, 7) is 11.6. The maximum Gasteiger partial charge on any atom is 0.234 e. The van der Waals surface area contributed by atoms with Crippen LogP contribution in [-0.2, 0) is 11.0 Å². The van der Waals surface area contributed by atoms with Crippen molar-refractivity contribution >= 4 is 19.9 Å². The van der Waals surface area contributed by atoms with Gasteiger partial charge in [0.15, 0.2) is 8.32 Å². The summed E-state index contributed by atoms with van der Waals surface area (Å²) in [5.74, 6) is 0.547. The van der Waals surface area contributed by atoms with E-state index in [0.717, 1.165) is 5.69 Å². The Kier molecular flexibility index (Phi) is 4.51. The molecule has 0 saturated heterocycles. The molecule has 0 unspecified atom stereocenters. The third kappa shape index (κ3) is 3.90. The van der Waals surface area contributed by atoms with E-state index in [1.807, 2.05) is 6.20 Å². The molecule has 0 fully saturated rings. The molecule has 0 aliphatic rings. The van der Waals surface area contributed by atoms with Crippen molar-refractivity contribution in [2.45, 2.75) is 45.5 Å².